The van der Waals surface area contributed by atoms with Gasteiger partial charge in [-0.15, -0.1) is 11.3 Å². The van der Waals surface area contributed by atoms with E-state index in [1.807, 2.05) is 61.7 Å². The molecule has 6 nitrogen and oxygen atoms in total. The molecule has 2 heterocycles. The van der Waals surface area contributed by atoms with E-state index in [4.69, 9.17) is 4.74 Å². The minimum atomic E-state index is -0.110. The molecule has 0 radical (unpaired) electrons. The number of aryl methyl sites for hydroxylation is 3. The molecule has 0 saturated carbocycles. The normalized spacial score (nSPS) is 11.3. The number of nitrogens with zero attached hydrogens (tertiary/aromatic N) is 3. The van der Waals surface area contributed by atoms with E-state index < -0.39 is 0 Å². The number of aromatic nitrogens is 3. The summed E-state index contributed by atoms with van der Waals surface area (Å²) in [6.07, 6.45) is 4.18. The zero-order chi connectivity index (χ0) is 22.3. The highest BCUT2D eigenvalue weighted by Gasteiger charge is 2.06. The maximum absolute atomic E-state index is 12.2. The van der Waals surface area contributed by atoms with Gasteiger partial charge in [-0.3, -0.25) is 4.79 Å². The van der Waals surface area contributed by atoms with Gasteiger partial charge in [0.1, 0.15) is 18.2 Å². The van der Waals surface area contributed by atoms with Crippen molar-refractivity contribution in [2.75, 3.05) is 6.54 Å². The molecule has 164 valence electrons. The van der Waals surface area contributed by atoms with Gasteiger partial charge in [0.25, 0.3) is 0 Å². The van der Waals surface area contributed by atoms with Crippen LogP contribution in [0.5, 0.6) is 5.75 Å². The monoisotopic (exact) mass is 446 g/mol. The second-order valence-electron chi connectivity index (χ2n) is 7.50. The van der Waals surface area contributed by atoms with Crippen LogP contribution in [-0.4, -0.2) is 27.0 Å². The Labute approximate surface area is 191 Å². The molecule has 2 aromatic heterocycles. The molecule has 0 bridgehead atoms. The quantitative estimate of drug-likeness (QED) is 0.293. The molecule has 32 heavy (non-hydrogen) atoms. The fraction of sp³-hybridized carbons (Fsp3) is 0.240. The number of carbonyl (C=O) groups is 1. The minimum absolute atomic E-state index is 0.110. The van der Waals surface area contributed by atoms with E-state index in [1.165, 1.54) is 0 Å². The SMILES string of the molecule is Cc1nc(COc2cccc(C=CC(=O)NCCCn3c(C)nc4ccccc43)c2)cs1. The molecule has 0 aliphatic rings. The fourth-order valence-corrected chi connectivity index (χ4v) is 4.09. The first kappa shape index (κ1) is 21.8. The first-order valence-electron chi connectivity index (χ1n) is 10.6. The predicted molar refractivity (Wildman–Crippen MR) is 129 cm³/mol. The van der Waals surface area contributed by atoms with Gasteiger partial charge in [-0.2, -0.15) is 0 Å². The summed E-state index contributed by atoms with van der Waals surface area (Å²) in [5.74, 6) is 1.63. The van der Waals surface area contributed by atoms with Gasteiger partial charge in [-0.05, 0) is 56.2 Å². The second-order valence-corrected chi connectivity index (χ2v) is 8.56. The van der Waals surface area contributed by atoms with Crippen molar-refractivity contribution < 1.29 is 9.53 Å². The van der Waals surface area contributed by atoms with Crippen LogP contribution in [0.1, 0.15) is 28.5 Å². The van der Waals surface area contributed by atoms with E-state index in [2.05, 4.69) is 25.9 Å². The number of rotatable bonds is 9. The number of carbonyl (C=O) groups excluding carboxylic acids is 1. The topological polar surface area (TPSA) is 69.0 Å². The number of para-hydroxylation sites is 2. The Morgan fingerprint density at radius 1 is 1.16 bits per heavy atom. The lowest BCUT2D eigenvalue weighted by Crippen LogP contribution is -2.23. The number of hydrogen-bond acceptors (Lipinski definition) is 5. The second kappa shape index (κ2) is 10.2. The summed E-state index contributed by atoms with van der Waals surface area (Å²) in [6, 6.07) is 15.8. The maximum Gasteiger partial charge on any atom is 0.244 e. The van der Waals surface area contributed by atoms with Gasteiger partial charge >= 0.3 is 0 Å². The summed E-state index contributed by atoms with van der Waals surface area (Å²) >= 11 is 1.61. The van der Waals surface area contributed by atoms with Gasteiger partial charge in [0.15, 0.2) is 0 Å². The van der Waals surface area contributed by atoms with Crippen LogP contribution in [0.25, 0.3) is 17.1 Å². The maximum atomic E-state index is 12.2. The van der Waals surface area contributed by atoms with Crippen molar-refractivity contribution >= 4 is 34.4 Å². The molecule has 1 amide bonds. The molecule has 0 fully saturated rings. The van der Waals surface area contributed by atoms with Crippen LogP contribution in [-0.2, 0) is 17.9 Å². The van der Waals surface area contributed by atoms with Crippen molar-refractivity contribution in [1.82, 2.24) is 19.9 Å². The van der Waals surface area contributed by atoms with Crippen molar-refractivity contribution in [3.8, 4) is 5.75 Å². The van der Waals surface area contributed by atoms with Crippen molar-refractivity contribution in [2.45, 2.75) is 33.4 Å². The number of nitrogens with one attached hydrogen (secondary N) is 1. The average Bonchev–Trinajstić information content (AvgIpc) is 3.36. The van der Waals surface area contributed by atoms with E-state index in [0.717, 1.165) is 51.8 Å². The Hall–Kier alpha value is -3.45. The van der Waals surface area contributed by atoms with Crippen molar-refractivity contribution in [3.05, 3.63) is 82.1 Å². The highest BCUT2D eigenvalue weighted by Crippen LogP contribution is 2.17. The Morgan fingerprint density at radius 2 is 2.03 bits per heavy atom. The Kier molecular flexibility index (Phi) is 6.97. The summed E-state index contributed by atoms with van der Waals surface area (Å²) in [7, 11) is 0. The van der Waals surface area contributed by atoms with Crippen LogP contribution in [0.15, 0.2) is 60.0 Å². The summed E-state index contributed by atoms with van der Waals surface area (Å²) in [5.41, 5.74) is 3.97. The molecule has 0 unspecified atom stereocenters. The molecular formula is C25H26N4O2S. The molecule has 4 aromatic rings. The minimum Gasteiger partial charge on any atom is -0.487 e. The van der Waals surface area contributed by atoms with E-state index in [1.54, 1.807) is 23.5 Å². The third-order valence-electron chi connectivity index (χ3n) is 5.04. The molecule has 0 saturated heterocycles. The number of benzene rings is 2. The highest BCUT2D eigenvalue weighted by molar-refractivity contribution is 7.09. The number of ether oxygens (including phenoxy) is 1. The Morgan fingerprint density at radius 3 is 2.88 bits per heavy atom. The van der Waals surface area contributed by atoms with E-state index >= 15 is 0 Å². The summed E-state index contributed by atoms with van der Waals surface area (Å²) in [6.45, 7) is 5.84. The van der Waals surface area contributed by atoms with Gasteiger partial charge in [0.2, 0.25) is 5.91 Å². The van der Waals surface area contributed by atoms with Crippen LogP contribution in [0.4, 0.5) is 0 Å². The predicted octanol–water partition coefficient (Wildman–Crippen LogP) is 4.91. The number of hydrogen-bond donors (Lipinski definition) is 1. The number of amides is 1. The molecule has 0 spiro atoms. The first-order chi connectivity index (χ1) is 15.6. The lowest BCUT2D eigenvalue weighted by Gasteiger charge is -2.07. The standard InChI is InChI=1S/C25H26N4O2S/c1-18-27-23-9-3-4-10-24(23)29(18)14-6-13-26-25(30)12-11-20-7-5-8-22(15-20)31-16-21-17-32-19(2)28-21/h3-5,7-12,15,17H,6,13-14,16H2,1-2H3,(H,26,30). The zero-order valence-corrected chi connectivity index (χ0v) is 19.1. The van der Waals surface area contributed by atoms with Crippen LogP contribution >= 0.6 is 11.3 Å². The van der Waals surface area contributed by atoms with Crippen molar-refractivity contribution in [3.63, 3.8) is 0 Å². The Balaban J connectivity index is 1.24. The van der Waals surface area contributed by atoms with Crippen molar-refractivity contribution in [2.24, 2.45) is 0 Å². The molecule has 0 atom stereocenters. The van der Waals surface area contributed by atoms with Crippen molar-refractivity contribution in [1.29, 1.82) is 0 Å². The van der Waals surface area contributed by atoms with Gasteiger partial charge in [0.05, 0.1) is 21.7 Å². The molecule has 0 aliphatic carbocycles. The van der Waals surface area contributed by atoms with E-state index in [0.29, 0.717) is 13.2 Å². The third kappa shape index (κ3) is 5.62. The first-order valence-corrected chi connectivity index (χ1v) is 11.5. The smallest absolute Gasteiger partial charge is 0.244 e. The van der Waals surface area contributed by atoms with E-state index in [9.17, 15) is 4.79 Å². The lowest BCUT2D eigenvalue weighted by molar-refractivity contribution is -0.116. The molecular weight excluding hydrogens is 420 g/mol. The molecule has 7 heteroatoms. The van der Waals surface area contributed by atoms with E-state index in [-0.39, 0.29) is 5.91 Å². The fourth-order valence-electron chi connectivity index (χ4n) is 3.50. The largest absolute Gasteiger partial charge is 0.487 e. The van der Waals surface area contributed by atoms with Gasteiger partial charge in [-0.1, -0.05) is 24.3 Å². The average molecular weight is 447 g/mol. The van der Waals surface area contributed by atoms with Gasteiger partial charge in [-0.25, -0.2) is 9.97 Å². The number of fused-ring (bicyclic) bond motifs is 1. The summed E-state index contributed by atoms with van der Waals surface area (Å²) < 4.78 is 8.00. The molecule has 1 N–H and O–H groups in total. The summed E-state index contributed by atoms with van der Waals surface area (Å²) in [4.78, 5) is 21.2. The van der Waals surface area contributed by atoms with Crippen LogP contribution in [0.2, 0.25) is 0 Å². The third-order valence-corrected chi connectivity index (χ3v) is 5.86. The lowest BCUT2D eigenvalue weighted by atomic mass is 10.2. The molecule has 2 aromatic carbocycles. The van der Waals surface area contributed by atoms with Gasteiger partial charge < -0.3 is 14.6 Å². The number of imidazole rings is 1. The van der Waals surface area contributed by atoms with Crippen LogP contribution < -0.4 is 10.1 Å². The van der Waals surface area contributed by atoms with Gasteiger partial charge in [0, 0.05) is 24.5 Å². The number of thiazole rings is 1. The molecule has 0 aliphatic heterocycles. The van der Waals surface area contributed by atoms with Crippen LogP contribution in [0, 0.1) is 13.8 Å². The summed E-state index contributed by atoms with van der Waals surface area (Å²) in [5, 5.41) is 5.98. The Bertz CT molecular complexity index is 1240. The zero-order valence-electron chi connectivity index (χ0n) is 18.2. The van der Waals surface area contributed by atoms with Crippen LogP contribution in [0.3, 0.4) is 0 Å². The molecule has 4 rings (SSSR count). The highest BCUT2D eigenvalue weighted by atomic mass is 32.1.